The summed E-state index contributed by atoms with van der Waals surface area (Å²) in [5.41, 5.74) is 1.03. The van der Waals surface area contributed by atoms with E-state index in [9.17, 15) is 0 Å². The molecule has 17 heavy (non-hydrogen) atoms. The summed E-state index contributed by atoms with van der Waals surface area (Å²) in [6, 6.07) is 10.1. The second-order valence-electron chi connectivity index (χ2n) is 3.48. The van der Waals surface area contributed by atoms with Crippen LogP contribution in [0.2, 0.25) is 0 Å². The van der Waals surface area contributed by atoms with Gasteiger partial charge in [0.05, 0.1) is 0 Å². The quantitative estimate of drug-likeness (QED) is 0.686. The standard InChI is InChI=1S/C12H12BrN3S/c1-8-14-11(13)7-12(15-8)16-9-4-3-5-10(6-9)17-2/h3-7H,1-2H3,(H,14,15,16). The molecule has 0 radical (unpaired) electrons. The van der Waals surface area contributed by atoms with Crippen LogP contribution in [-0.2, 0) is 0 Å². The van der Waals surface area contributed by atoms with Crippen LogP contribution in [-0.4, -0.2) is 16.2 Å². The molecule has 0 saturated heterocycles. The number of nitrogens with zero attached hydrogens (tertiary/aromatic N) is 2. The number of halogens is 1. The Bertz CT molecular complexity index is 511. The molecule has 0 unspecified atom stereocenters. The van der Waals surface area contributed by atoms with Crippen molar-refractivity contribution in [1.29, 1.82) is 0 Å². The van der Waals surface area contributed by atoms with Crippen LogP contribution in [0.1, 0.15) is 5.82 Å². The fourth-order valence-corrected chi connectivity index (χ4v) is 2.38. The number of rotatable bonds is 3. The molecule has 1 N–H and O–H groups in total. The van der Waals surface area contributed by atoms with Gasteiger partial charge in [0.15, 0.2) is 0 Å². The van der Waals surface area contributed by atoms with E-state index in [1.807, 2.05) is 25.1 Å². The van der Waals surface area contributed by atoms with Crippen LogP contribution in [0.25, 0.3) is 0 Å². The Morgan fingerprint density at radius 2 is 2.06 bits per heavy atom. The molecule has 0 atom stereocenters. The summed E-state index contributed by atoms with van der Waals surface area (Å²) in [4.78, 5) is 9.72. The molecule has 0 aliphatic carbocycles. The van der Waals surface area contributed by atoms with Crippen LogP contribution in [0.15, 0.2) is 39.8 Å². The smallest absolute Gasteiger partial charge is 0.135 e. The maximum Gasteiger partial charge on any atom is 0.135 e. The summed E-state index contributed by atoms with van der Waals surface area (Å²) in [6.07, 6.45) is 2.06. The zero-order valence-electron chi connectivity index (χ0n) is 9.57. The molecule has 2 rings (SSSR count). The fraction of sp³-hybridized carbons (Fsp3) is 0.167. The zero-order valence-corrected chi connectivity index (χ0v) is 12.0. The molecule has 0 amide bonds. The lowest BCUT2D eigenvalue weighted by Gasteiger charge is -2.07. The molecule has 3 nitrogen and oxygen atoms in total. The van der Waals surface area contributed by atoms with Gasteiger partial charge in [-0.25, -0.2) is 9.97 Å². The number of aromatic nitrogens is 2. The Balaban J connectivity index is 2.24. The number of hydrogen-bond donors (Lipinski definition) is 1. The predicted octanol–water partition coefficient (Wildman–Crippen LogP) is 4.01. The van der Waals surface area contributed by atoms with E-state index >= 15 is 0 Å². The number of nitrogens with one attached hydrogen (secondary N) is 1. The molecule has 0 saturated carbocycles. The topological polar surface area (TPSA) is 37.8 Å². The number of anilines is 2. The van der Waals surface area contributed by atoms with Crippen LogP contribution in [0.4, 0.5) is 11.5 Å². The molecule has 1 aromatic heterocycles. The van der Waals surface area contributed by atoms with E-state index < -0.39 is 0 Å². The predicted molar refractivity (Wildman–Crippen MR) is 76.0 cm³/mol. The zero-order chi connectivity index (χ0) is 12.3. The summed E-state index contributed by atoms with van der Waals surface area (Å²) in [5, 5.41) is 3.27. The Labute approximate surface area is 113 Å². The van der Waals surface area contributed by atoms with Crippen molar-refractivity contribution in [3.8, 4) is 0 Å². The Hall–Kier alpha value is -1.07. The van der Waals surface area contributed by atoms with Gasteiger partial charge in [-0.2, -0.15) is 0 Å². The molecule has 1 aromatic carbocycles. The lowest BCUT2D eigenvalue weighted by Crippen LogP contribution is -1.97. The SMILES string of the molecule is CSc1cccc(Nc2cc(Br)nc(C)n2)c1. The first-order valence-corrected chi connectivity index (χ1v) is 7.11. The summed E-state index contributed by atoms with van der Waals surface area (Å²) < 4.78 is 0.786. The van der Waals surface area contributed by atoms with Crippen molar-refractivity contribution in [2.24, 2.45) is 0 Å². The van der Waals surface area contributed by atoms with Gasteiger partial charge in [-0.3, -0.25) is 0 Å². The molecule has 0 aliphatic heterocycles. The van der Waals surface area contributed by atoms with Gasteiger partial charge in [0, 0.05) is 16.6 Å². The minimum atomic E-state index is 0.739. The Kier molecular flexibility index (Phi) is 4.02. The molecule has 1 heterocycles. The van der Waals surface area contributed by atoms with Gasteiger partial charge < -0.3 is 5.32 Å². The van der Waals surface area contributed by atoms with Crippen LogP contribution < -0.4 is 5.32 Å². The normalized spacial score (nSPS) is 10.3. The Morgan fingerprint density at radius 1 is 1.24 bits per heavy atom. The maximum absolute atomic E-state index is 4.33. The van der Waals surface area contributed by atoms with E-state index in [1.165, 1.54) is 4.90 Å². The van der Waals surface area contributed by atoms with Gasteiger partial charge in [0.25, 0.3) is 0 Å². The highest BCUT2D eigenvalue weighted by molar-refractivity contribution is 9.10. The molecule has 2 aromatic rings. The van der Waals surface area contributed by atoms with Crippen LogP contribution in [0, 0.1) is 6.92 Å². The largest absolute Gasteiger partial charge is 0.340 e. The van der Waals surface area contributed by atoms with E-state index in [4.69, 9.17) is 0 Å². The highest BCUT2D eigenvalue weighted by atomic mass is 79.9. The van der Waals surface area contributed by atoms with E-state index in [0.717, 1.165) is 21.9 Å². The van der Waals surface area contributed by atoms with E-state index in [2.05, 4.69) is 49.6 Å². The molecule has 88 valence electrons. The average molecular weight is 310 g/mol. The van der Waals surface area contributed by atoms with E-state index in [0.29, 0.717) is 0 Å². The highest BCUT2D eigenvalue weighted by Gasteiger charge is 2.01. The molecular formula is C12H12BrN3S. The monoisotopic (exact) mass is 309 g/mol. The van der Waals surface area contributed by atoms with E-state index in [1.54, 1.807) is 11.8 Å². The third-order valence-electron chi connectivity index (χ3n) is 2.15. The van der Waals surface area contributed by atoms with Crippen molar-refractivity contribution in [2.45, 2.75) is 11.8 Å². The minimum Gasteiger partial charge on any atom is -0.340 e. The third kappa shape index (κ3) is 3.44. The van der Waals surface area contributed by atoms with Crippen molar-refractivity contribution >= 4 is 39.2 Å². The maximum atomic E-state index is 4.33. The first-order chi connectivity index (χ1) is 8.17. The van der Waals surface area contributed by atoms with Gasteiger partial charge in [-0.05, 0) is 47.3 Å². The highest BCUT2D eigenvalue weighted by Crippen LogP contribution is 2.22. The fourth-order valence-electron chi connectivity index (χ4n) is 1.44. The van der Waals surface area contributed by atoms with Crippen LogP contribution >= 0.6 is 27.7 Å². The number of thioether (sulfide) groups is 1. The molecule has 0 bridgehead atoms. The van der Waals surface area contributed by atoms with E-state index in [-0.39, 0.29) is 0 Å². The van der Waals surface area contributed by atoms with Crippen molar-refractivity contribution in [2.75, 3.05) is 11.6 Å². The van der Waals surface area contributed by atoms with Crippen molar-refractivity contribution in [3.05, 3.63) is 40.8 Å². The number of hydrogen-bond acceptors (Lipinski definition) is 4. The third-order valence-corrected chi connectivity index (χ3v) is 3.28. The minimum absolute atomic E-state index is 0.739. The number of benzene rings is 1. The summed E-state index contributed by atoms with van der Waals surface area (Å²) in [7, 11) is 0. The number of aryl methyl sites for hydroxylation is 1. The van der Waals surface area contributed by atoms with Gasteiger partial charge in [0.2, 0.25) is 0 Å². The lowest BCUT2D eigenvalue weighted by atomic mass is 10.3. The lowest BCUT2D eigenvalue weighted by molar-refractivity contribution is 1.04. The van der Waals surface area contributed by atoms with Crippen LogP contribution in [0.3, 0.4) is 0 Å². The van der Waals surface area contributed by atoms with Gasteiger partial charge in [-0.15, -0.1) is 11.8 Å². The summed E-state index contributed by atoms with van der Waals surface area (Å²) in [6.45, 7) is 1.87. The van der Waals surface area contributed by atoms with Crippen molar-refractivity contribution in [1.82, 2.24) is 9.97 Å². The van der Waals surface area contributed by atoms with Gasteiger partial charge in [-0.1, -0.05) is 6.07 Å². The average Bonchev–Trinajstić information content (AvgIpc) is 2.28. The molecule has 0 aliphatic rings. The second kappa shape index (κ2) is 5.51. The summed E-state index contributed by atoms with van der Waals surface area (Å²) >= 11 is 5.08. The molecule has 5 heteroatoms. The van der Waals surface area contributed by atoms with Crippen LogP contribution in [0.5, 0.6) is 0 Å². The summed E-state index contributed by atoms with van der Waals surface area (Å²) in [5.74, 6) is 1.53. The Morgan fingerprint density at radius 3 is 2.76 bits per heavy atom. The first kappa shape index (κ1) is 12.4. The van der Waals surface area contributed by atoms with Gasteiger partial charge >= 0.3 is 0 Å². The first-order valence-electron chi connectivity index (χ1n) is 5.09. The van der Waals surface area contributed by atoms with Crippen molar-refractivity contribution in [3.63, 3.8) is 0 Å². The van der Waals surface area contributed by atoms with Gasteiger partial charge in [0.1, 0.15) is 16.2 Å². The molecular weight excluding hydrogens is 298 g/mol. The van der Waals surface area contributed by atoms with Crippen molar-refractivity contribution < 1.29 is 0 Å². The molecule has 0 fully saturated rings. The second-order valence-corrected chi connectivity index (χ2v) is 5.17. The molecule has 0 spiro atoms.